The van der Waals surface area contributed by atoms with E-state index in [2.05, 4.69) is 24.0 Å². The number of hydrogen-bond donors (Lipinski definition) is 1. The maximum atomic E-state index is 11.4. The molecule has 3 nitrogen and oxygen atoms in total. The molecule has 0 unspecified atom stereocenters. The third-order valence-corrected chi connectivity index (χ3v) is 3.88. The van der Waals surface area contributed by atoms with Crippen molar-refractivity contribution in [2.75, 3.05) is 12.4 Å². The van der Waals surface area contributed by atoms with Crippen molar-refractivity contribution < 1.29 is 9.53 Å². The number of anilines is 1. The predicted molar refractivity (Wildman–Crippen MR) is 87.4 cm³/mol. The first kappa shape index (κ1) is 15.4. The van der Waals surface area contributed by atoms with Crippen LogP contribution >= 0.6 is 0 Å². The monoisotopic (exact) mass is 285 g/mol. The Bertz CT molecular complexity index is 528. The van der Waals surface area contributed by atoms with Crippen molar-refractivity contribution in [3.8, 4) is 5.75 Å². The second-order valence-corrected chi connectivity index (χ2v) is 5.41. The van der Waals surface area contributed by atoms with Gasteiger partial charge in [-0.2, -0.15) is 0 Å². The standard InChI is InChI=1S/C18H23NO2/c1-3-18(20)19-16-11-12-17(21-2)15(13-16)10-9-14-7-5-4-6-8-14/h3,9-14H,1,4-8H2,2H3,(H,19,20)/b10-9+. The molecule has 1 amide bonds. The highest BCUT2D eigenvalue weighted by Crippen LogP contribution is 2.28. The summed E-state index contributed by atoms with van der Waals surface area (Å²) in [6, 6.07) is 5.64. The van der Waals surface area contributed by atoms with E-state index in [4.69, 9.17) is 4.74 Å². The summed E-state index contributed by atoms with van der Waals surface area (Å²) in [6.07, 6.45) is 12.2. The van der Waals surface area contributed by atoms with Gasteiger partial charge in [0.2, 0.25) is 5.91 Å². The normalized spacial score (nSPS) is 15.9. The van der Waals surface area contributed by atoms with Gasteiger partial charge >= 0.3 is 0 Å². The summed E-state index contributed by atoms with van der Waals surface area (Å²) < 4.78 is 5.39. The van der Waals surface area contributed by atoms with Crippen molar-refractivity contribution in [1.29, 1.82) is 0 Å². The van der Waals surface area contributed by atoms with Crippen molar-refractivity contribution in [3.63, 3.8) is 0 Å². The van der Waals surface area contributed by atoms with Crippen LogP contribution in [0.15, 0.2) is 36.9 Å². The summed E-state index contributed by atoms with van der Waals surface area (Å²) in [5.41, 5.74) is 1.74. The minimum Gasteiger partial charge on any atom is -0.496 e. The number of carbonyl (C=O) groups excluding carboxylic acids is 1. The Kier molecular flexibility index (Phi) is 5.61. The molecule has 3 heteroatoms. The fourth-order valence-electron chi connectivity index (χ4n) is 2.70. The number of hydrogen-bond acceptors (Lipinski definition) is 2. The molecule has 0 aliphatic heterocycles. The molecule has 112 valence electrons. The fourth-order valence-corrected chi connectivity index (χ4v) is 2.70. The second-order valence-electron chi connectivity index (χ2n) is 5.41. The van der Waals surface area contributed by atoms with E-state index in [1.165, 1.54) is 38.2 Å². The zero-order valence-corrected chi connectivity index (χ0v) is 12.6. The van der Waals surface area contributed by atoms with E-state index in [0.717, 1.165) is 17.0 Å². The zero-order chi connectivity index (χ0) is 15.1. The first-order valence-electron chi connectivity index (χ1n) is 7.52. The van der Waals surface area contributed by atoms with Crippen LogP contribution in [0.2, 0.25) is 0 Å². The molecule has 1 aromatic carbocycles. The van der Waals surface area contributed by atoms with Crippen LogP contribution in [0.25, 0.3) is 6.08 Å². The van der Waals surface area contributed by atoms with Crippen molar-refractivity contribution in [3.05, 3.63) is 42.5 Å². The molecule has 1 aliphatic rings. The van der Waals surface area contributed by atoms with Crippen LogP contribution in [0, 0.1) is 5.92 Å². The molecular formula is C18H23NO2. The van der Waals surface area contributed by atoms with Crippen LogP contribution < -0.4 is 10.1 Å². The van der Waals surface area contributed by atoms with Gasteiger partial charge in [0.1, 0.15) is 5.75 Å². The lowest BCUT2D eigenvalue weighted by molar-refractivity contribution is -0.111. The van der Waals surface area contributed by atoms with Gasteiger partial charge in [-0.3, -0.25) is 4.79 Å². The highest BCUT2D eigenvalue weighted by atomic mass is 16.5. The molecule has 0 bridgehead atoms. The molecule has 0 aromatic heterocycles. The molecule has 0 spiro atoms. The fraction of sp³-hybridized carbons (Fsp3) is 0.389. The van der Waals surface area contributed by atoms with Crippen molar-refractivity contribution in [1.82, 2.24) is 0 Å². The van der Waals surface area contributed by atoms with Gasteiger partial charge in [0, 0.05) is 11.3 Å². The van der Waals surface area contributed by atoms with E-state index in [1.807, 2.05) is 18.2 Å². The summed E-state index contributed by atoms with van der Waals surface area (Å²) in [4.78, 5) is 11.4. The van der Waals surface area contributed by atoms with Gasteiger partial charge in [-0.05, 0) is 43.0 Å². The zero-order valence-electron chi connectivity index (χ0n) is 12.6. The van der Waals surface area contributed by atoms with Gasteiger partial charge < -0.3 is 10.1 Å². The SMILES string of the molecule is C=CC(=O)Nc1ccc(OC)c(/C=C/C2CCCCC2)c1. The van der Waals surface area contributed by atoms with Crippen molar-refractivity contribution in [2.24, 2.45) is 5.92 Å². The highest BCUT2D eigenvalue weighted by Gasteiger charge is 2.10. The highest BCUT2D eigenvalue weighted by molar-refractivity contribution is 5.99. The lowest BCUT2D eigenvalue weighted by atomic mass is 9.88. The summed E-state index contributed by atoms with van der Waals surface area (Å²) >= 11 is 0. The predicted octanol–water partition coefficient (Wildman–Crippen LogP) is 4.41. The van der Waals surface area contributed by atoms with E-state index < -0.39 is 0 Å². The summed E-state index contributed by atoms with van der Waals surface area (Å²) in [6.45, 7) is 3.46. The minimum absolute atomic E-state index is 0.206. The first-order chi connectivity index (χ1) is 10.2. The average Bonchev–Trinajstić information content (AvgIpc) is 2.54. The number of amides is 1. The van der Waals surface area contributed by atoms with Gasteiger partial charge in [-0.15, -0.1) is 0 Å². The van der Waals surface area contributed by atoms with E-state index in [0.29, 0.717) is 5.92 Å². The van der Waals surface area contributed by atoms with E-state index in [1.54, 1.807) is 7.11 Å². The largest absolute Gasteiger partial charge is 0.496 e. The molecular weight excluding hydrogens is 262 g/mol. The Labute approximate surface area is 126 Å². The van der Waals surface area contributed by atoms with E-state index in [9.17, 15) is 4.79 Å². The van der Waals surface area contributed by atoms with Crippen LogP contribution in [-0.2, 0) is 4.79 Å². The number of rotatable bonds is 5. The third-order valence-electron chi connectivity index (χ3n) is 3.88. The van der Waals surface area contributed by atoms with Crippen LogP contribution in [-0.4, -0.2) is 13.0 Å². The molecule has 0 radical (unpaired) electrons. The molecule has 1 aromatic rings. The molecule has 21 heavy (non-hydrogen) atoms. The minimum atomic E-state index is -0.206. The van der Waals surface area contributed by atoms with Gasteiger partial charge in [0.05, 0.1) is 7.11 Å². The molecule has 1 aliphatic carbocycles. The van der Waals surface area contributed by atoms with Crippen molar-refractivity contribution >= 4 is 17.7 Å². The van der Waals surface area contributed by atoms with Crippen LogP contribution in [0.5, 0.6) is 5.75 Å². The Morgan fingerprint density at radius 3 is 2.76 bits per heavy atom. The Morgan fingerprint density at radius 2 is 2.10 bits per heavy atom. The Balaban J connectivity index is 2.14. The van der Waals surface area contributed by atoms with Gasteiger partial charge in [0.15, 0.2) is 0 Å². The lowest BCUT2D eigenvalue weighted by Crippen LogP contribution is -2.07. The van der Waals surface area contributed by atoms with Gasteiger partial charge in [-0.25, -0.2) is 0 Å². The van der Waals surface area contributed by atoms with Crippen LogP contribution in [0.1, 0.15) is 37.7 Å². The summed E-state index contributed by atoms with van der Waals surface area (Å²) in [7, 11) is 1.66. The molecule has 2 rings (SSSR count). The number of benzene rings is 1. The molecule has 1 saturated carbocycles. The van der Waals surface area contributed by atoms with Crippen molar-refractivity contribution in [2.45, 2.75) is 32.1 Å². The second kappa shape index (κ2) is 7.67. The van der Waals surface area contributed by atoms with Crippen LogP contribution in [0.3, 0.4) is 0 Å². The number of allylic oxidation sites excluding steroid dienone is 1. The van der Waals surface area contributed by atoms with E-state index in [-0.39, 0.29) is 5.91 Å². The number of carbonyl (C=O) groups is 1. The first-order valence-corrected chi connectivity index (χ1v) is 7.52. The van der Waals surface area contributed by atoms with Gasteiger partial charge in [-0.1, -0.05) is 38.0 Å². The number of nitrogens with one attached hydrogen (secondary N) is 1. The lowest BCUT2D eigenvalue weighted by Gasteiger charge is -2.18. The van der Waals surface area contributed by atoms with Crippen LogP contribution in [0.4, 0.5) is 5.69 Å². The third kappa shape index (κ3) is 4.48. The summed E-state index contributed by atoms with van der Waals surface area (Å²) in [5.74, 6) is 1.27. The molecule has 1 N–H and O–H groups in total. The Hall–Kier alpha value is -2.03. The molecule has 0 saturated heterocycles. The quantitative estimate of drug-likeness (QED) is 0.814. The maximum absolute atomic E-state index is 11.4. The summed E-state index contributed by atoms with van der Waals surface area (Å²) in [5, 5.41) is 2.77. The number of methoxy groups -OCH3 is 1. The smallest absolute Gasteiger partial charge is 0.247 e. The molecule has 0 atom stereocenters. The average molecular weight is 285 g/mol. The number of ether oxygens (including phenoxy) is 1. The molecule has 0 heterocycles. The topological polar surface area (TPSA) is 38.3 Å². The maximum Gasteiger partial charge on any atom is 0.247 e. The van der Waals surface area contributed by atoms with E-state index >= 15 is 0 Å². The Morgan fingerprint density at radius 1 is 1.33 bits per heavy atom. The van der Waals surface area contributed by atoms with Gasteiger partial charge in [0.25, 0.3) is 0 Å². The molecule has 1 fully saturated rings.